The maximum Gasteiger partial charge on any atom is 0.134 e. The van der Waals surface area contributed by atoms with Crippen LogP contribution in [0.5, 0.6) is 0 Å². The molecule has 0 spiro atoms. The molecule has 0 heterocycles. The molecule has 4 aliphatic carbocycles. The van der Waals surface area contributed by atoms with Gasteiger partial charge in [0.25, 0.3) is 0 Å². The van der Waals surface area contributed by atoms with Crippen LogP contribution < -0.4 is 0 Å². The summed E-state index contributed by atoms with van der Waals surface area (Å²) in [6.07, 6.45) is 20.8. The van der Waals surface area contributed by atoms with Crippen molar-refractivity contribution in [1.29, 1.82) is 0 Å². The maximum atomic E-state index is 15.2. The fourth-order valence-corrected chi connectivity index (χ4v) is 9.41. The lowest BCUT2D eigenvalue weighted by Gasteiger charge is -2.42. The smallest absolute Gasteiger partial charge is 0.134 e. The molecule has 4 fully saturated rings. The minimum Gasteiger partial charge on any atom is -0.247 e. The van der Waals surface area contributed by atoms with E-state index in [1.165, 1.54) is 83.5 Å². The van der Waals surface area contributed by atoms with Gasteiger partial charge < -0.3 is 0 Å². The van der Waals surface area contributed by atoms with Crippen molar-refractivity contribution < 1.29 is 13.2 Å². The van der Waals surface area contributed by atoms with E-state index in [2.05, 4.69) is 13.8 Å². The molecular formula is C34H59F3. The predicted octanol–water partition coefficient (Wildman–Crippen LogP) is 11.2. The highest BCUT2D eigenvalue weighted by atomic mass is 19.2. The quantitative estimate of drug-likeness (QED) is 0.252. The SMILES string of the molecule is CCCCC1CCC(C2CCC(CCCC3CCC(C4CCC(CCC)CC4)[C@@H](F)C3F)CC2)C(F)C1. The molecule has 0 bridgehead atoms. The average molecular weight is 525 g/mol. The minimum absolute atomic E-state index is 0.0230. The summed E-state index contributed by atoms with van der Waals surface area (Å²) in [6.45, 7) is 4.49. The van der Waals surface area contributed by atoms with Crippen LogP contribution in [0.3, 0.4) is 0 Å². The largest absolute Gasteiger partial charge is 0.247 e. The molecule has 0 radical (unpaired) electrons. The van der Waals surface area contributed by atoms with E-state index in [1.54, 1.807) is 0 Å². The maximum absolute atomic E-state index is 15.2. The highest BCUT2D eigenvalue weighted by Gasteiger charge is 2.44. The Morgan fingerprint density at radius 3 is 1.68 bits per heavy atom. The van der Waals surface area contributed by atoms with Gasteiger partial charge in [-0.05, 0) is 112 Å². The second kappa shape index (κ2) is 15.0. The number of rotatable bonds is 11. The summed E-state index contributed by atoms with van der Waals surface area (Å²) in [7, 11) is 0. The average Bonchev–Trinajstić information content (AvgIpc) is 2.91. The van der Waals surface area contributed by atoms with Crippen molar-refractivity contribution in [3.8, 4) is 0 Å². The normalized spacial score (nSPS) is 43.5. The van der Waals surface area contributed by atoms with Crippen LogP contribution in [0.15, 0.2) is 0 Å². The molecule has 7 atom stereocenters. The molecule has 4 aliphatic rings. The summed E-state index contributed by atoms with van der Waals surface area (Å²) >= 11 is 0. The van der Waals surface area contributed by atoms with Crippen LogP contribution in [0.2, 0.25) is 0 Å². The molecule has 6 unspecified atom stereocenters. The van der Waals surface area contributed by atoms with Crippen LogP contribution in [0.4, 0.5) is 13.2 Å². The number of unbranched alkanes of at least 4 members (excludes halogenated alkanes) is 1. The van der Waals surface area contributed by atoms with Crippen LogP contribution in [0, 0.1) is 47.3 Å². The van der Waals surface area contributed by atoms with Gasteiger partial charge in [-0.15, -0.1) is 0 Å². The van der Waals surface area contributed by atoms with E-state index in [9.17, 15) is 0 Å². The van der Waals surface area contributed by atoms with E-state index in [4.69, 9.17) is 0 Å². The zero-order chi connectivity index (χ0) is 26.2. The molecule has 0 aromatic heterocycles. The lowest BCUT2D eigenvalue weighted by atomic mass is 9.66. The van der Waals surface area contributed by atoms with Crippen molar-refractivity contribution >= 4 is 0 Å². The van der Waals surface area contributed by atoms with Crippen LogP contribution in [0.1, 0.15) is 149 Å². The van der Waals surface area contributed by atoms with Gasteiger partial charge in [-0.25, -0.2) is 13.2 Å². The summed E-state index contributed by atoms with van der Waals surface area (Å²) in [5, 5.41) is 0. The summed E-state index contributed by atoms with van der Waals surface area (Å²) in [5.74, 6) is 3.42. The first kappa shape index (κ1) is 29.8. The van der Waals surface area contributed by atoms with Gasteiger partial charge in [0.1, 0.15) is 18.5 Å². The molecule has 0 aliphatic heterocycles. The molecule has 3 heteroatoms. The van der Waals surface area contributed by atoms with Crippen LogP contribution in [-0.2, 0) is 0 Å². The summed E-state index contributed by atoms with van der Waals surface area (Å²) < 4.78 is 45.4. The molecule has 0 N–H and O–H groups in total. The first-order chi connectivity index (χ1) is 18.0. The third-order valence-corrected chi connectivity index (χ3v) is 11.8. The lowest BCUT2D eigenvalue weighted by Crippen LogP contribution is -2.42. The summed E-state index contributed by atoms with van der Waals surface area (Å²) in [5.41, 5.74) is 0. The van der Waals surface area contributed by atoms with Gasteiger partial charge >= 0.3 is 0 Å². The van der Waals surface area contributed by atoms with Crippen molar-refractivity contribution in [2.45, 2.75) is 167 Å². The second-order valence-corrected chi connectivity index (χ2v) is 14.2. The van der Waals surface area contributed by atoms with Crippen molar-refractivity contribution in [3.05, 3.63) is 0 Å². The Hall–Kier alpha value is -0.210. The molecule has 0 amide bonds. The standard InChI is InChI=1S/C34H59F3/c1-3-5-8-26-15-21-30(32(35)23-26)27-16-13-25(14-17-27)9-6-10-29-20-22-31(34(37)33(29)36)28-18-11-24(7-4-2)12-19-28/h24-34H,3-23H2,1-2H3/t24?,25?,26?,27?,28?,29?,30?,31?,32?,33?,34-/m1/s1. The van der Waals surface area contributed by atoms with Gasteiger partial charge in [0.2, 0.25) is 0 Å². The van der Waals surface area contributed by atoms with Crippen LogP contribution in [0.25, 0.3) is 0 Å². The minimum atomic E-state index is -1.24. The van der Waals surface area contributed by atoms with Gasteiger partial charge in [0.05, 0.1) is 0 Å². The Labute approximate surface area is 227 Å². The number of hydrogen-bond acceptors (Lipinski definition) is 0. The van der Waals surface area contributed by atoms with Crippen molar-refractivity contribution in [1.82, 2.24) is 0 Å². The second-order valence-electron chi connectivity index (χ2n) is 14.2. The highest BCUT2D eigenvalue weighted by Crippen LogP contribution is 2.47. The fraction of sp³-hybridized carbons (Fsp3) is 1.00. The highest BCUT2D eigenvalue weighted by molar-refractivity contribution is 4.93. The molecular weight excluding hydrogens is 465 g/mol. The topological polar surface area (TPSA) is 0 Å². The number of hydrogen-bond donors (Lipinski definition) is 0. The third-order valence-electron chi connectivity index (χ3n) is 11.8. The summed E-state index contributed by atoms with van der Waals surface area (Å²) in [6, 6.07) is 0. The van der Waals surface area contributed by atoms with Crippen molar-refractivity contribution in [2.24, 2.45) is 47.3 Å². The molecule has 37 heavy (non-hydrogen) atoms. The van der Waals surface area contributed by atoms with E-state index in [0.29, 0.717) is 23.7 Å². The predicted molar refractivity (Wildman–Crippen MR) is 151 cm³/mol. The van der Waals surface area contributed by atoms with E-state index in [-0.39, 0.29) is 11.8 Å². The Bertz CT molecular complexity index is 621. The number of halogens is 3. The molecule has 0 nitrogen and oxygen atoms in total. The zero-order valence-corrected chi connectivity index (χ0v) is 24.3. The third kappa shape index (κ3) is 8.15. The zero-order valence-electron chi connectivity index (χ0n) is 24.3. The van der Waals surface area contributed by atoms with Gasteiger partial charge in [0.15, 0.2) is 0 Å². The first-order valence-electron chi connectivity index (χ1n) is 16.9. The fourth-order valence-electron chi connectivity index (χ4n) is 9.41. The number of alkyl halides is 3. The Morgan fingerprint density at radius 2 is 1.05 bits per heavy atom. The van der Waals surface area contributed by atoms with E-state index in [1.807, 2.05) is 0 Å². The van der Waals surface area contributed by atoms with Crippen LogP contribution >= 0.6 is 0 Å². The Morgan fingerprint density at radius 1 is 0.486 bits per heavy atom. The Balaban J connectivity index is 1.11. The van der Waals surface area contributed by atoms with Gasteiger partial charge in [-0.3, -0.25) is 0 Å². The monoisotopic (exact) mass is 524 g/mol. The Kier molecular flexibility index (Phi) is 12.0. The molecule has 0 saturated heterocycles. The van der Waals surface area contributed by atoms with Crippen LogP contribution in [-0.4, -0.2) is 18.5 Å². The van der Waals surface area contributed by atoms with Crippen molar-refractivity contribution in [3.63, 3.8) is 0 Å². The van der Waals surface area contributed by atoms with Gasteiger partial charge in [-0.1, -0.05) is 84.5 Å². The molecule has 0 aromatic carbocycles. The van der Waals surface area contributed by atoms with Crippen molar-refractivity contribution in [2.75, 3.05) is 0 Å². The molecule has 4 rings (SSSR count). The summed E-state index contributed by atoms with van der Waals surface area (Å²) in [4.78, 5) is 0. The first-order valence-corrected chi connectivity index (χ1v) is 16.9. The van der Waals surface area contributed by atoms with Gasteiger partial charge in [0, 0.05) is 0 Å². The van der Waals surface area contributed by atoms with E-state index < -0.39 is 18.5 Å². The molecule has 0 aromatic rings. The molecule has 4 saturated carbocycles. The molecule has 216 valence electrons. The lowest BCUT2D eigenvalue weighted by molar-refractivity contribution is -0.0151. The van der Waals surface area contributed by atoms with E-state index in [0.717, 1.165) is 63.2 Å². The van der Waals surface area contributed by atoms with Gasteiger partial charge in [-0.2, -0.15) is 0 Å². The van der Waals surface area contributed by atoms with E-state index >= 15 is 13.2 Å².